The zero-order valence-corrected chi connectivity index (χ0v) is 7.58. The van der Waals surface area contributed by atoms with Gasteiger partial charge in [-0.05, 0) is 23.8 Å². The second-order valence-corrected chi connectivity index (χ2v) is 2.84. The lowest BCUT2D eigenvalue weighted by molar-refractivity contribution is -0.136. The first kappa shape index (κ1) is 11.3. The van der Waals surface area contributed by atoms with Crippen molar-refractivity contribution in [1.29, 1.82) is 0 Å². The van der Waals surface area contributed by atoms with Gasteiger partial charge in [0.05, 0.1) is 5.56 Å². The van der Waals surface area contributed by atoms with Crippen molar-refractivity contribution < 1.29 is 18.0 Å². The number of allylic oxidation sites excluding steroid dienone is 1. The summed E-state index contributed by atoms with van der Waals surface area (Å²) in [7, 11) is 0. The molecule has 0 saturated heterocycles. The second-order valence-electron chi connectivity index (χ2n) is 2.84. The monoisotopic (exact) mass is 215 g/mol. The lowest BCUT2D eigenvalue weighted by atomic mass is 10.1. The Balaban J connectivity index is 3.09. The van der Waals surface area contributed by atoms with Crippen LogP contribution in [0.15, 0.2) is 24.3 Å². The third kappa shape index (κ3) is 2.83. The summed E-state index contributed by atoms with van der Waals surface area (Å²) in [6.45, 7) is 0. The molecule has 5 heteroatoms. The lowest BCUT2D eigenvalue weighted by Crippen LogP contribution is -2.08. The van der Waals surface area contributed by atoms with Crippen molar-refractivity contribution in [3.63, 3.8) is 0 Å². The van der Waals surface area contributed by atoms with Crippen LogP contribution in [0.4, 0.5) is 18.9 Å². The van der Waals surface area contributed by atoms with Gasteiger partial charge in [0.2, 0.25) is 0 Å². The van der Waals surface area contributed by atoms with Crippen molar-refractivity contribution in [3.05, 3.63) is 35.4 Å². The number of carbonyl (C=O) groups is 1. The fraction of sp³-hybridized carbons (Fsp3) is 0.100. The summed E-state index contributed by atoms with van der Waals surface area (Å²) in [4.78, 5) is 9.99. The summed E-state index contributed by atoms with van der Waals surface area (Å²) in [5, 5.41) is 0. The van der Waals surface area contributed by atoms with Gasteiger partial charge in [-0.15, -0.1) is 0 Å². The van der Waals surface area contributed by atoms with E-state index >= 15 is 0 Å². The number of hydrogen-bond acceptors (Lipinski definition) is 2. The molecular formula is C10H8F3NO. The molecule has 0 amide bonds. The quantitative estimate of drug-likeness (QED) is 0.468. The Bertz CT molecular complexity index is 396. The molecule has 2 nitrogen and oxygen atoms in total. The van der Waals surface area contributed by atoms with Crippen LogP contribution >= 0.6 is 0 Å². The Kier molecular flexibility index (Phi) is 3.14. The molecule has 0 saturated carbocycles. The Hall–Kier alpha value is -1.78. The molecule has 0 heterocycles. The molecule has 1 rings (SSSR count). The Morgan fingerprint density at radius 1 is 1.27 bits per heavy atom. The molecule has 0 aliphatic carbocycles. The number of alkyl halides is 3. The van der Waals surface area contributed by atoms with Crippen molar-refractivity contribution in [2.45, 2.75) is 6.18 Å². The molecule has 0 fully saturated rings. The van der Waals surface area contributed by atoms with E-state index in [2.05, 4.69) is 0 Å². The number of nitrogens with two attached hydrogens (primary N) is 1. The first-order valence-electron chi connectivity index (χ1n) is 4.03. The van der Waals surface area contributed by atoms with Crippen molar-refractivity contribution in [2.24, 2.45) is 0 Å². The van der Waals surface area contributed by atoms with Gasteiger partial charge in [-0.2, -0.15) is 13.2 Å². The average Bonchev–Trinajstić information content (AvgIpc) is 2.12. The minimum absolute atomic E-state index is 0.351. The van der Waals surface area contributed by atoms with Crippen LogP contribution in [-0.2, 0) is 11.0 Å². The standard InChI is InChI=1S/C10H8F3NO/c11-10(12,13)8-4-3-7(2-1-5-15)6-9(8)14/h1-6H,14H2. The van der Waals surface area contributed by atoms with Gasteiger partial charge in [-0.1, -0.05) is 12.1 Å². The van der Waals surface area contributed by atoms with Crippen LogP contribution in [0.3, 0.4) is 0 Å². The maximum absolute atomic E-state index is 12.3. The third-order valence-electron chi connectivity index (χ3n) is 1.75. The fourth-order valence-electron chi connectivity index (χ4n) is 1.09. The van der Waals surface area contributed by atoms with Gasteiger partial charge in [-0.3, -0.25) is 4.79 Å². The van der Waals surface area contributed by atoms with Crippen LogP contribution in [0.5, 0.6) is 0 Å². The van der Waals surface area contributed by atoms with Crippen LogP contribution in [0.1, 0.15) is 11.1 Å². The van der Waals surface area contributed by atoms with E-state index in [0.717, 1.165) is 6.07 Å². The molecule has 2 N–H and O–H groups in total. The van der Waals surface area contributed by atoms with Crippen molar-refractivity contribution in [1.82, 2.24) is 0 Å². The van der Waals surface area contributed by atoms with Gasteiger partial charge in [0, 0.05) is 5.69 Å². The van der Waals surface area contributed by atoms with E-state index in [0.29, 0.717) is 11.8 Å². The molecule has 0 atom stereocenters. The van der Waals surface area contributed by atoms with E-state index in [1.165, 1.54) is 24.3 Å². The lowest BCUT2D eigenvalue weighted by Gasteiger charge is -2.09. The first-order chi connectivity index (χ1) is 6.95. The average molecular weight is 215 g/mol. The van der Waals surface area contributed by atoms with Crippen LogP contribution in [0.2, 0.25) is 0 Å². The summed E-state index contributed by atoms with van der Waals surface area (Å²) in [5.41, 5.74) is 4.47. The molecule has 0 aliphatic rings. The molecule has 0 radical (unpaired) electrons. The normalized spacial score (nSPS) is 11.9. The van der Waals surface area contributed by atoms with Gasteiger partial charge in [0.25, 0.3) is 0 Å². The fourth-order valence-corrected chi connectivity index (χ4v) is 1.09. The van der Waals surface area contributed by atoms with Crippen LogP contribution < -0.4 is 5.73 Å². The van der Waals surface area contributed by atoms with Gasteiger partial charge < -0.3 is 5.73 Å². The van der Waals surface area contributed by atoms with E-state index in [1.807, 2.05) is 0 Å². The molecule has 1 aromatic rings. The summed E-state index contributed by atoms with van der Waals surface area (Å²) in [5.74, 6) is 0. The Morgan fingerprint density at radius 2 is 1.93 bits per heavy atom. The van der Waals surface area contributed by atoms with Crippen molar-refractivity contribution in [3.8, 4) is 0 Å². The molecule has 80 valence electrons. The predicted octanol–water partition coefficient (Wildman–Crippen LogP) is 2.50. The van der Waals surface area contributed by atoms with Gasteiger partial charge in [0.15, 0.2) is 0 Å². The number of nitrogen functional groups attached to an aromatic ring is 1. The highest BCUT2D eigenvalue weighted by molar-refractivity contribution is 5.74. The third-order valence-corrected chi connectivity index (χ3v) is 1.75. The molecule has 0 spiro atoms. The number of carbonyl (C=O) groups excluding carboxylic acids is 1. The topological polar surface area (TPSA) is 43.1 Å². The van der Waals surface area contributed by atoms with E-state index in [9.17, 15) is 18.0 Å². The number of benzene rings is 1. The molecule has 0 aliphatic heterocycles. The van der Waals surface area contributed by atoms with Gasteiger partial charge >= 0.3 is 6.18 Å². The summed E-state index contributed by atoms with van der Waals surface area (Å²) >= 11 is 0. The summed E-state index contributed by atoms with van der Waals surface area (Å²) in [6.07, 6.45) is -1.35. The van der Waals surface area contributed by atoms with Crippen LogP contribution in [-0.4, -0.2) is 6.29 Å². The molecule has 0 bridgehead atoms. The largest absolute Gasteiger partial charge is 0.418 e. The van der Waals surface area contributed by atoms with Gasteiger partial charge in [-0.25, -0.2) is 0 Å². The SMILES string of the molecule is Nc1cc(C=CC=O)ccc1C(F)(F)F. The predicted molar refractivity (Wildman–Crippen MR) is 51.0 cm³/mol. The highest BCUT2D eigenvalue weighted by Crippen LogP contribution is 2.33. The van der Waals surface area contributed by atoms with Crippen molar-refractivity contribution >= 4 is 18.0 Å². The highest BCUT2D eigenvalue weighted by Gasteiger charge is 2.32. The number of aldehydes is 1. The maximum Gasteiger partial charge on any atom is 0.418 e. The van der Waals surface area contributed by atoms with Gasteiger partial charge in [0.1, 0.15) is 6.29 Å². The van der Waals surface area contributed by atoms with E-state index in [1.54, 1.807) is 0 Å². The zero-order chi connectivity index (χ0) is 11.5. The van der Waals surface area contributed by atoms with Crippen LogP contribution in [0.25, 0.3) is 6.08 Å². The summed E-state index contributed by atoms with van der Waals surface area (Å²) < 4.78 is 36.8. The first-order valence-corrected chi connectivity index (χ1v) is 4.03. The van der Waals surface area contributed by atoms with Crippen LogP contribution in [0, 0.1) is 0 Å². The molecule has 1 aromatic carbocycles. The highest BCUT2D eigenvalue weighted by atomic mass is 19.4. The second kappa shape index (κ2) is 4.16. The molecule has 0 unspecified atom stereocenters. The molecule has 15 heavy (non-hydrogen) atoms. The Labute approximate surface area is 84.2 Å². The molecular weight excluding hydrogens is 207 g/mol. The van der Waals surface area contributed by atoms with E-state index < -0.39 is 11.7 Å². The van der Waals surface area contributed by atoms with E-state index in [4.69, 9.17) is 5.73 Å². The minimum atomic E-state index is -4.45. The smallest absolute Gasteiger partial charge is 0.398 e. The summed E-state index contributed by atoms with van der Waals surface area (Å²) in [6, 6.07) is 3.31. The zero-order valence-electron chi connectivity index (χ0n) is 7.58. The van der Waals surface area contributed by atoms with Crippen molar-refractivity contribution in [2.75, 3.05) is 5.73 Å². The maximum atomic E-state index is 12.3. The minimum Gasteiger partial charge on any atom is -0.398 e. The number of hydrogen-bond donors (Lipinski definition) is 1. The number of anilines is 1. The number of rotatable bonds is 2. The van der Waals surface area contributed by atoms with E-state index in [-0.39, 0.29) is 5.69 Å². The Morgan fingerprint density at radius 3 is 2.40 bits per heavy atom. The molecule has 0 aromatic heterocycles. The number of halogens is 3.